The fraction of sp³-hybridized carbons (Fsp3) is 0.571. The Balaban J connectivity index is 0.000000442. The lowest BCUT2D eigenvalue weighted by Gasteiger charge is -2.58. The number of anilines is 1. The number of nitrogens with one attached hydrogen (secondary N) is 2. The SMILES string of the molecule is CC(=O)O.N=C(N)c1cnc2c(c1NC1C3CC4CC1CC(O)(C4)C3)C=CC2. The van der Waals surface area contributed by atoms with E-state index in [4.69, 9.17) is 21.0 Å². The second-order valence-electron chi connectivity index (χ2n) is 8.81. The number of nitrogens with zero attached hydrogens (tertiary/aromatic N) is 1. The predicted molar refractivity (Wildman–Crippen MR) is 107 cm³/mol. The van der Waals surface area contributed by atoms with Gasteiger partial charge >= 0.3 is 0 Å². The number of nitrogen functional groups attached to an aromatic ring is 1. The molecule has 0 spiro atoms. The molecule has 5 aliphatic rings. The van der Waals surface area contributed by atoms with E-state index in [1.54, 1.807) is 6.20 Å². The summed E-state index contributed by atoms with van der Waals surface area (Å²) in [4.78, 5) is 13.5. The van der Waals surface area contributed by atoms with Crippen LogP contribution in [0.15, 0.2) is 12.3 Å². The standard InChI is InChI=1S/C19H24N4O.C2H4O2/c20-18(21)14-9-22-15-3-1-2-13(15)17(14)23-16-11-4-10-5-12(16)8-19(24,6-10)7-11;1-2(3)4/h1-2,9-12,16,24H,3-8H2,(H3,20,21)(H,22,23);1H3,(H,3,4). The Kier molecular flexibility index (Phi) is 4.65. The molecule has 6 N–H and O–H groups in total. The Bertz CT molecular complexity index is 830. The van der Waals surface area contributed by atoms with Gasteiger partial charge in [-0.15, -0.1) is 0 Å². The molecule has 2 atom stereocenters. The van der Waals surface area contributed by atoms with Crippen molar-refractivity contribution < 1.29 is 15.0 Å². The van der Waals surface area contributed by atoms with Gasteiger partial charge in [-0.1, -0.05) is 12.2 Å². The van der Waals surface area contributed by atoms with Crippen molar-refractivity contribution >= 4 is 23.6 Å². The number of hydrogen-bond acceptors (Lipinski definition) is 5. The lowest BCUT2D eigenvalue weighted by atomic mass is 9.52. The first-order valence-corrected chi connectivity index (χ1v) is 9.97. The fourth-order valence-electron chi connectivity index (χ4n) is 5.94. The third kappa shape index (κ3) is 3.39. The first-order valence-electron chi connectivity index (χ1n) is 9.97. The number of carboxylic acid groups (broad SMARTS) is 1. The number of nitrogens with two attached hydrogens (primary N) is 1. The Morgan fingerprint density at radius 2 is 1.96 bits per heavy atom. The number of carbonyl (C=O) groups is 1. The van der Waals surface area contributed by atoms with Crippen LogP contribution in [0.4, 0.5) is 5.69 Å². The third-order valence-corrected chi connectivity index (χ3v) is 6.64. The lowest BCUT2D eigenvalue weighted by Crippen LogP contribution is -2.59. The molecular formula is C21H28N4O3. The zero-order valence-corrected chi connectivity index (χ0v) is 16.1. The van der Waals surface area contributed by atoms with Crippen molar-refractivity contribution in [2.75, 3.05) is 5.32 Å². The Morgan fingerprint density at radius 1 is 1.32 bits per heavy atom. The van der Waals surface area contributed by atoms with Gasteiger partial charge in [-0.05, 0) is 49.9 Å². The molecule has 1 aromatic rings. The van der Waals surface area contributed by atoms with Gasteiger partial charge in [0, 0.05) is 31.1 Å². The van der Waals surface area contributed by atoms with Gasteiger partial charge in [0.05, 0.1) is 22.5 Å². The van der Waals surface area contributed by atoms with E-state index in [-0.39, 0.29) is 5.84 Å². The van der Waals surface area contributed by atoms with Crippen LogP contribution < -0.4 is 11.1 Å². The maximum Gasteiger partial charge on any atom is 0.300 e. The zero-order valence-electron chi connectivity index (χ0n) is 16.1. The van der Waals surface area contributed by atoms with Crippen LogP contribution in [0.5, 0.6) is 0 Å². The average Bonchev–Trinajstić information content (AvgIpc) is 3.04. The summed E-state index contributed by atoms with van der Waals surface area (Å²) in [6.07, 6.45) is 12.1. The number of hydrogen-bond donors (Lipinski definition) is 5. The third-order valence-electron chi connectivity index (χ3n) is 6.64. The molecule has 5 aliphatic carbocycles. The van der Waals surface area contributed by atoms with Crippen LogP contribution in [0.1, 0.15) is 55.8 Å². The molecule has 0 radical (unpaired) electrons. The van der Waals surface area contributed by atoms with Crippen molar-refractivity contribution in [3.63, 3.8) is 0 Å². The minimum Gasteiger partial charge on any atom is -0.481 e. The second-order valence-corrected chi connectivity index (χ2v) is 8.81. The molecule has 4 saturated carbocycles. The van der Waals surface area contributed by atoms with Gasteiger partial charge in [0.1, 0.15) is 5.84 Å². The molecule has 0 aliphatic heterocycles. The van der Waals surface area contributed by atoms with Crippen LogP contribution in [0.25, 0.3) is 6.08 Å². The van der Waals surface area contributed by atoms with Gasteiger partial charge < -0.3 is 21.3 Å². The highest BCUT2D eigenvalue weighted by Gasteiger charge is 2.54. The van der Waals surface area contributed by atoms with Gasteiger partial charge in [0.15, 0.2) is 0 Å². The maximum atomic E-state index is 10.8. The molecule has 2 unspecified atom stereocenters. The summed E-state index contributed by atoms with van der Waals surface area (Å²) in [5, 5.41) is 29.9. The highest BCUT2D eigenvalue weighted by molar-refractivity contribution is 6.02. The smallest absolute Gasteiger partial charge is 0.300 e. The van der Waals surface area contributed by atoms with E-state index < -0.39 is 11.6 Å². The first kappa shape index (κ1) is 18.9. The van der Waals surface area contributed by atoms with E-state index in [0.29, 0.717) is 29.4 Å². The number of amidine groups is 1. The van der Waals surface area contributed by atoms with Gasteiger partial charge in [-0.2, -0.15) is 0 Å². The molecule has 4 bridgehead atoms. The van der Waals surface area contributed by atoms with E-state index in [0.717, 1.165) is 49.6 Å². The summed E-state index contributed by atoms with van der Waals surface area (Å²) in [6, 6.07) is 0.375. The monoisotopic (exact) mass is 384 g/mol. The summed E-state index contributed by atoms with van der Waals surface area (Å²) in [6.45, 7) is 1.08. The molecule has 1 heterocycles. The number of aliphatic carboxylic acids is 1. The van der Waals surface area contributed by atoms with E-state index >= 15 is 0 Å². The molecule has 150 valence electrons. The van der Waals surface area contributed by atoms with Gasteiger partial charge in [0.2, 0.25) is 0 Å². The Labute approximate surface area is 164 Å². The van der Waals surface area contributed by atoms with Crippen molar-refractivity contribution in [3.05, 3.63) is 29.1 Å². The number of aromatic nitrogens is 1. The lowest BCUT2D eigenvalue weighted by molar-refractivity contribution is -0.134. The molecule has 28 heavy (non-hydrogen) atoms. The molecule has 0 saturated heterocycles. The quantitative estimate of drug-likeness (QED) is 0.401. The normalized spacial score (nSPS) is 33.8. The topological polar surface area (TPSA) is 132 Å². The molecular weight excluding hydrogens is 356 g/mol. The molecule has 7 nitrogen and oxygen atoms in total. The van der Waals surface area contributed by atoms with Crippen LogP contribution in [0, 0.1) is 23.2 Å². The fourth-order valence-corrected chi connectivity index (χ4v) is 5.94. The molecule has 7 heteroatoms. The van der Waals surface area contributed by atoms with Gasteiger partial charge in [-0.3, -0.25) is 15.2 Å². The van der Waals surface area contributed by atoms with E-state index in [9.17, 15) is 5.11 Å². The summed E-state index contributed by atoms with van der Waals surface area (Å²) in [5.74, 6) is 0.974. The van der Waals surface area contributed by atoms with Crippen molar-refractivity contribution in [2.24, 2.45) is 23.5 Å². The van der Waals surface area contributed by atoms with E-state index in [1.165, 1.54) is 12.8 Å². The average molecular weight is 384 g/mol. The number of pyridine rings is 1. The zero-order chi connectivity index (χ0) is 20.1. The number of allylic oxidation sites excluding steroid dienone is 1. The van der Waals surface area contributed by atoms with Crippen molar-refractivity contribution in [2.45, 2.75) is 57.1 Å². The molecule has 4 fully saturated rings. The molecule has 0 amide bonds. The highest BCUT2D eigenvalue weighted by atomic mass is 16.4. The number of rotatable bonds is 3. The minimum absolute atomic E-state index is 0.0653. The van der Waals surface area contributed by atoms with Crippen molar-refractivity contribution in [1.29, 1.82) is 5.41 Å². The van der Waals surface area contributed by atoms with Crippen LogP contribution in [-0.2, 0) is 11.2 Å². The van der Waals surface area contributed by atoms with Crippen LogP contribution in [0.3, 0.4) is 0 Å². The number of fused-ring (bicyclic) bond motifs is 1. The maximum absolute atomic E-state index is 10.8. The number of aliphatic hydroxyl groups is 1. The highest BCUT2D eigenvalue weighted by Crippen LogP contribution is 2.56. The first-order chi connectivity index (χ1) is 13.3. The van der Waals surface area contributed by atoms with Crippen molar-refractivity contribution in [3.8, 4) is 0 Å². The summed E-state index contributed by atoms with van der Waals surface area (Å²) in [7, 11) is 0. The number of carboxylic acids is 1. The summed E-state index contributed by atoms with van der Waals surface area (Å²) < 4.78 is 0. The van der Waals surface area contributed by atoms with Crippen LogP contribution in [0.2, 0.25) is 0 Å². The van der Waals surface area contributed by atoms with Gasteiger partial charge in [0.25, 0.3) is 5.97 Å². The second kappa shape index (κ2) is 6.88. The largest absolute Gasteiger partial charge is 0.481 e. The van der Waals surface area contributed by atoms with Crippen molar-refractivity contribution in [1.82, 2.24) is 4.98 Å². The summed E-state index contributed by atoms with van der Waals surface area (Å²) in [5.41, 5.74) is 9.23. The Hall–Kier alpha value is -2.41. The van der Waals surface area contributed by atoms with E-state index in [2.05, 4.69) is 22.5 Å². The molecule has 1 aromatic heterocycles. The van der Waals surface area contributed by atoms with E-state index in [1.807, 2.05) is 0 Å². The van der Waals surface area contributed by atoms with Crippen LogP contribution in [-0.4, -0.2) is 38.6 Å². The minimum atomic E-state index is -0.833. The molecule has 0 aromatic carbocycles. The van der Waals surface area contributed by atoms with Crippen LogP contribution >= 0.6 is 0 Å². The molecule has 6 rings (SSSR count). The Morgan fingerprint density at radius 3 is 2.54 bits per heavy atom. The predicted octanol–water partition coefficient (Wildman–Crippen LogP) is 2.38. The summed E-state index contributed by atoms with van der Waals surface area (Å²) >= 11 is 0. The van der Waals surface area contributed by atoms with Gasteiger partial charge in [-0.25, -0.2) is 0 Å².